The van der Waals surface area contributed by atoms with Crippen molar-refractivity contribution in [2.45, 2.75) is 12.5 Å². The number of aliphatic hydroxyl groups is 1. The summed E-state index contributed by atoms with van der Waals surface area (Å²) >= 11 is 0. The van der Waals surface area contributed by atoms with Gasteiger partial charge in [-0.1, -0.05) is 42.5 Å². The van der Waals surface area contributed by atoms with E-state index in [2.05, 4.69) is 0 Å². The molecule has 0 aliphatic heterocycles. The normalized spacial score (nSPS) is 13.5. The van der Waals surface area contributed by atoms with Crippen molar-refractivity contribution < 1.29 is 14.6 Å². The smallest absolute Gasteiger partial charge is 0.347 e. The summed E-state index contributed by atoms with van der Waals surface area (Å²) in [6, 6.07) is 15.2. The van der Waals surface area contributed by atoms with Crippen molar-refractivity contribution in [3.63, 3.8) is 0 Å². The van der Waals surface area contributed by atoms with Crippen molar-refractivity contribution in [1.29, 1.82) is 0 Å². The molecule has 3 N–H and O–H groups in total. The van der Waals surface area contributed by atoms with Crippen LogP contribution >= 0.6 is 0 Å². The molecule has 0 amide bonds. The Hall–Kier alpha value is -2.33. The summed E-state index contributed by atoms with van der Waals surface area (Å²) in [5, 5.41) is 10.9. The van der Waals surface area contributed by atoms with Gasteiger partial charge in [0, 0.05) is 5.69 Å². The Morgan fingerprint density at radius 2 is 1.65 bits per heavy atom. The molecule has 0 aromatic heterocycles. The Morgan fingerprint density at radius 1 is 1.10 bits per heavy atom. The van der Waals surface area contributed by atoms with Crippen LogP contribution in [0.5, 0.6) is 0 Å². The highest BCUT2D eigenvalue weighted by Crippen LogP contribution is 2.31. The number of hydrogen-bond donors (Lipinski definition) is 2. The summed E-state index contributed by atoms with van der Waals surface area (Å²) in [6.45, 7) is 1.90. The molecule has 0 fully saturated rings. The van der Waals surface area contributed by atoms with Gasteiger partial charge in [0.05, 0.1) is 6.61 Å². The molecule has 0 heterocycles. The SMILES string of the molecule is CCOC(=O)[C@](O)(c1ccccc1)c1ccc(N)cc1. The molecule has 0 aliphatic carbocycles. The topological polar surface area (TPSA) is 72.5 Å². The summed E-state index contributed by atoms with van der Waals surface area (Å²) in [4.78, 5) is 12.2. The summed E-state index contributed by atoms with van der Waals surface area (Å²) < 4.78 is 5.03. The minimum Gasteiger partial charge on any atom is -0.463 e. The fraction of sp³-hybridized carbons (Fsp3) is 0.188. The van der Waals surface area contributed by atoms with Gasteiger partial charge in [-0.15, -0.1) is 0 Å². The molecule has 2 aromatic carbocycles. The molecule has 0 aliphatic rings. The van der Waals surface area contributed by atoms with Crippen LogP contribution < -0.4 is 5.73 Å². The van der Waals surface area contributed by atoms with E-state index in [4.69, 9.17) is 10.5 Å². The van der Waals surface area contributed by atoms with Crippen LogP contribution in [0.3, 0.4) is 0 Å². The van der Waals surface area contributed by atoms with E-state index in [1.54, 1.807) is 55.5 Å². The highest BCUT2D eigenvalue weighted by molar-refractivity contribution is 5.85. The van der Waals surface area contributed by atoms with Gasteiger partial charge in [-0.05, 0) is 30.2 Å². The van der Waals surface area contributed by atoms with Crippen LogP contribution in [0.1, 0.15) is 18.1 Å². The van der Waals surface area contributed by atoms with E-state index in [1.165, 1.54) is 0 Å². The first-order valence-corrected chi connectivity index (χ1v) is 6.40. The van der Waals surface area contributed by atoms with Gasteiger partial charge in [0.1, 0.15) is 0 Å². The maximum atomic E-state index is 12.2. The number of benzene rings is 2. The number of hydrogen-bond acceptors (Lipinski definition) is 4. The lowest BCUT2D eigenvalue weighted by Gasteiger charge is -2.26. The Balaban J connectivity index is 2.55. The van der Waals surface area contributed by atoms with Gasteiger partial charge < -0.3 is 15.6 Å². The van der Waals surface area contributed by atoms with Crippen molar-refractivity contribution in [1.82, 2.24) is 0 Å². The monoisotopic (exact) mass is 271 g/mol. The third-order valence-electron chi connectivity index (χ3n) is 3.09. The number of esters is 1. The average Bonchev–Trinajstić information content (AvgIpc) is 2.48. The fourth-order valence-electron chi connectivity index (χ4n) is 2.04. The van der Waals surface area contributed by atoms with Crippen molar-refractivity contribution in [3.8, 4) is 0 Å². The summed E-state index contributed by atoms with van der Waals surface area (Å²) in [5.41, 5.74) is 5.27. The standard InChI is InChI=1S/C16H17NO3/c1-2-20-15(18)16(19,12-6-4-3-5-7-12)13-8-10-14(17)11-9-13/h3-11,19H,2,17H2,1H3/t16-/m0/s1. The van der Waals surface area contributed by atoms with Gasteiger partial charge in [-0.2, -0.15) is 0 Å². The summed E-state index contributed by atoms with van der Waals surface area (Å²) in [6.07, 6.45) is 0. The molecule has 0 saturated carbocycles. The zero-order chi connectivity index (χ0) is 14.6. The van der Waals surface area contributed by atoms with Crippen LogP contribution in [0.25, 0.3) is 0 Å². The molecule has 0 saturated heterocycles. The first kappa shape index (κ1) is 14.1. The quantitative estimate of drug-likeness (QED) is 0.659. The number of nitrogen functional groups attached to an aromatic ring is 1. The van der Waals surface area contributed by atoms with Crippen LogP contribution in [0, 0.1) is 0 Å². The molecule has 20 heavy (non-hydrogen) atoms. The Morgan fingerprint density at radius 3 is 2.20 bits per heavy atom. The van der Waals surface area contributed by atoms with Crippen molar-refractivity contribution in [2.75, 3.05) is 12.3 Å². The molecule has 0 spiro atoms. The number of ether oxygens (including phenoxy) is 1. The van der Waals surface area contributed by atoms with Crippen molar-refractivity contribution >= 4 is 11.7 Å². The number of rotatable bonds is 4. The number of carbonyl (C=O) groups excluding carboxylic acids is 1. The van der Waals surface area contributed by atoms with Crippen LogP contribution in [0.2, 0.25) is 0 Å². The molecule has 0 unspecified atom stereocenters. The highest BCUT2D eigenvalue weighted by Gasteiger charge is 2.41. The second-order valence-electron chi connectivity index (χ2n) is 4.42. The van der Waals surface area contributed by atoms with Gasteiger partial charge in [0.15, 0.2) is 0 Å². The van der Waals surface area contributed by atoms with Crippen LogP contribution in [0.15, 0.2) is 54.6 Å². The molecular formula is C16H17NO3. The molecule has 2 rings (SSSR count). The Kier molecular flexibility index (Phi) is 4.05. The van der Waals surface area contributed by atoms with Crippen LogP contribution in [-0.4, -0.2) is 17.7 Å². The molecule has 4 nitrogen and oxygen atoms in total. The molecule has 0 radical (unpaired) electrons. The number of anilines is 1. The minimum absolute atomic E-state index is 0.197. The maximum Gasteiger partial charge on any atom is 0.347 e. The predicted octanol–water partition coefficient (Wildman–Crippen LogP) is 2.07. The molecule has 0 bridgehead atoms. The molecule has 4 heteroatoms. The van der Waals surface area contributed by atoms with Crippen LogP contribution in [-0.2, 0) is 15.1 Å². The second-order valence-corrected chi connectivity index (χ2v) is 4.42. The summed E-state index contributed by atoms with van der Waals surface area (Å²) in [7, 11) is 0. The number of nitrogens with two attached hydrogens (primary N) is 1. The zero-order valence-electron chi connectivity index (χ0n) is 11.2. The minimum atomic E-state index is -1.83. The van der Waals surface area contributed by atoms with Crippen LogP contribution in [0.4, 0.5) is 5.69 Å². The van der Waals surface area contributed by atoms with Crippen molar-refractivity contribution in [3.05, 3.63) is 65.7 Å². The second kappa shape index (κ2) is 5.75. The van der Waals surface area contributed by atoms with E-state index in [0.29, 0.717) is 16.8 Å². The van der Waals surface area contributed by atoms with Gasteiger partial charge >= 0.3 is 5.97 Å². The molecule has 104 valence electrons. The number of carbonyl (C=O) groups is 1. The first-order valence-electron chi connectivity index (χ1n) is 6.40. The van der Waals surface area contributed by atoms with E-state index in [1.807, 2.05) is 6.07 Å². The molecule has 2 aromatic rings. The lowest BCUT2D eigenvalue weighted by Crippen LogP contribution is -2.38. The Labute approximate surface area is 117 Å². The van der Waals surface area contributed by atoms with Gasteiger partial charge in [-0.25, -0.2) is 4.79 Å². The fourth-order valence-corrected chi connectivity index (χ4v) is 2.04. The average molecular weight is 271 g/mol. The third-order valence-corrected chi connectivity index (χ3v) is 3.09. The first-order chi connectivity index (χ1) is 9.59. The maximum absolute atomic E-state index is 12.2. The van der Waals surface area contributed by atoms with E-state index < -0.39 is 11.6 Å². The molecule has 1 atom stereocenters. The lowest BCUT2D eigenvalue weighted by molar-refractivity contribution is -0.161. The lowest BCUT2D eigenvalue weighted by atomic mass is 9.86. The van der Waals surface area contributed by atoms with Crippen molar-refractivity contribution in [2.24, 2.45) is 0 Å². The third kappa shape index (κ3) is 2.51. The Bertz CT molecular complexity index is 580. The van der Waals surface area contributed by atoms with Gasteiger partial charge in [0.2, 0.25) is 5.60 Å². The largest absolute Gasteiger partial charge is 0.463 e. The van der Waals surface area contributed by atoms with E-state index >= 15 is 0 Å². The van der Waals surface area contributed by atoms with Gasteiger partial charge in [-0.3, -0.25) is 0 Å². The zero-order valence-corrected chi connectivity index (χ0v) is 11.2. The predicted molar refractivity (Wildman–Crippen MR) is 76.9 cm³/mol. The van der Waals surface area contributed by atoms with Gasteiger partial charge in [0.25, 0.3) is 0 Å². The highest BCUT2D eigenvalue weighted by atomic mass is 16.5. The summed E-state index contributed by atoms with van der Waals surface area (Å²) in [5.74, 6) is -0.698. The van der Waals surface area contributed by atoms with E-state index in [0.717, 1.165) is 0 Å². The molecular weight excluding hydrogens is 254 g/mol. The van der Waals surface area contributed by atoms with E-state index in [-0.39, 0.29) is 6.61 Å². The van der Waals surface area contributed by atoms with E-state index in [9.17, 15) is 9.90 Å².